The van der Waals surface area contributed by atoms with Crippen molar-refractivity contribution in [3.05, 3.63) is 64.9 Å². The second kappa shape index (κ2) is 5.65. The van der Waals surface area contributed by atoms with Crippen LogP contribution in [0.1, 0.15) is 10.4 Å². The van der Waals surface area contributed by atoms with Crippen LogP contribution in [0.4, 0.5) is 4.39 Å². The maximum Gasteiger partial charge on any atom is 0.201 e. The van der Waals surface area contributed by atoms with Crippen molar-refractivity contribution in [1.29, 1.82) is 0 Å². The number of halogens is 2. The number of hydrogen-bond donors (Lipinski definition) is 0. The van der Waals surface area contributed by atoms with Crippen LogP contribution in [0.25, 0.3) is 0 Å². The number of carbonyl (C=O) groups is 1. The molecule has 0 fully saturated rings. The van der Waals surface area contributed by atoms with Gasteiger partial charge >= 0.3 is 0 Å². The fraction of sp³-hybridized carbons (Fsp3) is 0.0714. The van der Waals surface area contributed by atoms with Crippen LogP contribution < -0.4 is 4.74 Å². The van der Waals surface area contributed by atoms with E-state index in [0.29, 0.717) is 16.3 Å². The Morgan fingerprint density at radius 1 is 1.11 bits per heavy atom. The lowest BCUT2D eigenvalue weighted by Gasteiger charge is -2.06. The molecule has 0 bridgehead atoms. The van der Waals surface area contributed by atoms with Crippen molar-refractivity contribution in [2.24, 2.45) is 0 Å². The molecule has 0 N–H and O–H groups in total. The Morgan fingerprint density at radius 3 is 2.44 bits per heavy atom. The monoisotopic (exact) mass is 264 g/mol. The normalized spacial score (nSPS) is 10.1. The van der Waals surface area contributed by atoms with Crippen LogP contribution in [0.2, 0.25) is 5.02 Å². The van der Waals surface area contributed by atoms with Gasteiger partial charge in [-0.05, 0) is 36.4 Å². The first kappa shape index (κ1) is 12.6. The second-order valence-corrected chi connectivity index (χ2v) is 4.05. The lowest BCUT2D eigenvalue weighted by molar-refractivity contribution is 0.0921. The molecule has 0 amide bonds. The molecule has 0 aliphatic heterocycles. The molecule has 2 nitrogen and oxygen atoms in total. The van der Waals surface area contributed by atoms with Crippen molar-refractivity contribution in [2.45, 2.75) is 0 Å². The van der Waals surface area contributed by atoms with Crippen LogP contribution >= 0.6 is 11.6 Å². The fourth-order valence-corrected chi connectivity index (χ4v) is 1.69. The highest BCUT2D eigenvalue weighted by Gasteiger charge is 2.10. The van der Waals surface area contributed by atoms with Crippen LogP contribution in [0.3, 0.4) is 0 Å². The fourth-order valence-electron chi connectivity index (χ4n) is 1.44. The van der Waals surface area contributed by atoms with E-state index in [1.54, 1.807) is 24.3 Å². The quantitative estimate of drug-likeness (QED) is 0.787. The van der Waals surface area contributed by atoms with Crippen LogP contribution in [-0.4, -0.2) is 12.4 Å². The highest BCUT2D eigenvalue weighted by Crippen LogP contribution is 2.16. The Balaban J connectivity index is 2.01. The summed E-state index contributed by atoms with van der Waals surface area (Å²) in [6, 6.07) is 12.2. The zero-order valence-corrected chi connectivity index (χ0v) is 10.2. The van der Waals surface area contributed by atoms with Crippen LogP contribution in [0, 0.1) is 5.82 Å². The lowest BCUT2D eigenvalue weighted by Crippen LogP contribution is -2.12. The van der Waals surface area contributed by atoms with Gasteiger partial charge in [-0.25, -0.2) is 4.39 Å². The number of ether oxygens (including phenoxy) is 1. The summed E-state index contributed by atoms with van der Waals surface area (Å²) in [6.07, 6.45) is 0. The van der Waals surface area contributed by atoms with Crippen molar-refractivity contribution < 1.29 is 13.9 Å². The molecule has 0 aliphatic carbocycles. The first-order valence-electron chi connectivity index (χ1n) is 5.33. The Bertz CT molecular complexity index is 552. The van der Waals surface area contributed by atoms with Gasteiger partial charge in [-0.2, -0.15) is 0 Å². The molecular formula is C14H10ClFO2. The van der Waals surface area contributed by atoms with E-state index in [9.17, 15) is 9.18 Å². The summed E-state index contributed by atoms with van der Waals surface area (Å²) in [6.45, 7) is -0.130. The van der Waals surface area contributed by atoms with E-state index in [0.717, 1.165) is 0 Å². The summed E-state index contributed by atoms with van der Waals surface area (Å²) in [5, 5.41) is 0.394. The lowest BCUT2D eigenvalue weighted by atomic mass is 10.1. The number of carbonyl (C=O) groups excluding carboxylic acids is 1. The van der Waals surface area contributed by atoms with Gasteiger partial charge in [0.15, 0.2) is 6.61 Å². The topological polar surface area (TPSA) is 26.3 Å². The van der Waals surface area contributed by atoms with Gasteiger partial charge in [-0.1, -0.05) is 23.7 Å². The molecule has 0 radical (unpaired) electrons. The van der Waals surface area contributed by atoms with E-state index < -0.39 is 0 Å². The van der Waals surface area contributed by atoms with E-state index in [1.165, 1.54) is 24.3 Å². The smallest absolute Gasteiger partial charge is 0.201 e. The zero-order valence-electron chi connectivity index (χ0n) is 9.40. The van der Waals surface area contributed by atoms with Crippen molar-refractivity contribution in [3.63, 3.8) is 0 Å². The molecule has 0 unspecified atom stereocenters. The molecule has 0 saturated carbocycles. The minimum atomic E-state index is -0.347. The highest BCUT2D eigenvalue weighted by molar-refractivity contribution is 6.34. The van der Waals surface area contributed by atoms with Gasteiger partial charge in [0, 0.05) is 5.56 Å². The minimum absolute atomic E-state index is 0.130. The third kappa shape index (κ3) is 3.08. The molecule has 0 atom stereocenters. The third-order valence-corrected chi connectivity index (χ3v) is 2.69. The first-order valence-corrected chi connectivity index (χ1v) is 5.71. The van der Waals surface area contributed by atoms with Gasteiger partial charge in [0.05, 0.1) is 5.02 Å². The Labute approximate surface area is 109 Å². The molecule has 92 valence electrons. The molecule has 0 aliphatic rings. The maximum absolute atomic E-state index is 12.7. The second-order valence-electron chi connectivity index (χ2n) is 3.65. The molecule has 0 aromatic heterocycles. The van der Waals surface area contributed by atoms with Crippen molar-refractivity contribution in [3.8, 4) is 5.75 Å². The van der Waals surface area contributed by atoms with E-state index in [1.807, 2.05) is 0 Å². The molecule has 0 saturated heterocycles. The molecule has 0 spiro atoms. The van der Waals surface area contributed by atoms with Gasteiger partial charge in [-0.3, -0.25) is 4.79 Å². The summed E-state index contributed by atoms with van der Waals surface area (Å²) in [7, 11) is 0. The third-order valence-electron chi connectivity index (χ3n) is 2.36. The number of rotatable bonds is 4. The van der Waals surface area contributed by atoms with Crippen LogP contribution in [0.5, 0.6) is 5.75 Å². The minimum Gasteiger partial charge on any atom is -0.485 e. The standard InChI is InChI=1S/C14H10ClFO2/c15-13-4-2-1-3-12(13)14(17)9-18-11-7-5-10(16)6-8-11/h1-8H,9H2. The largest absolute Gasteiger partial charge is 0.485 e. The number of benzene rings is 2. The van der Waals surface area contributed by atoms with Gasteiger partial charge in [-0.15, -0.1) is 0 Å². The molecular weight excluding hydrogens is 255 g/mol. The van der Waals surface area contributed by atoms with Crippen LogP contribution in [-0.2, 0) is 0 Å². The summed E-state index contributed by atoms with van der Waals surface area (Å²) in [5.74, 6) is -0.124. The molecule has 2 aromatic rings. The number of Topliss-reactive ketones (excluding diaryl/α,β-unsaturated/α-hetero) is 1. The highest BCUT2D eigenvalue weighted by atomic mass is 35.5. The van der Waals surface area contributed by atoms with Gasteiger partial charge in [0.1, 0.15) is 11.6 Å². The van der Waals surface area contributed by atoms with Crippen molar-refractivity contribution in [2.75, 3.05) is 6.61 Å². The van der Waals surface area contributed by atoms with Gasteiger partial charge in [0.25, 0.3) is 0 Å². The van der Waals surface area contributed by atoms with Gasteiger partial charge in [0.2, 0.25) is 5.78 Å². The first-order chi connectivity index (χ1) is 8.66. The van der Waals surface area contributed by atoms with Crippen LogP contribution in [0.15, 0.2) is 48.5 Å². The van der Waals surface area contributed by atoms with Gasteiger partial charge < -0.3 is 4.74 Å². The van der Waals surface area contributed by atoms with Crippen molar-refractivity contribution in [1.82, 2.24) is 0 Å². The summed E-state index contributed by atoms with van der Waals surface area (Å²) < 4.78 is 17.9. The molecule has 2 aromatic carbocycles. The summed E-state index contributed by atoms with van der Waals surface area (Å²) >= 11 is 5.90. The Morgan fingerprint density at radius 2 is 1.78 bits per heavy atom. The average Bonchev–Trinajstić information content (AvgIpc) is 2.38. The number of hydrogen-bond acceptors (Lipinski definition) is 2. The average molecular weight is 265 g/mol. The molecule has 0 heterocycles. The number of ketones is 1. The van der Waals surface area contributed by atoms with E-state index in [-0.39, 0.29) is 18.2 Å². The van der Waals surface area contributed by atoms with E-state index in [2.05, 4.69) is 0 Å². The zero-order chi connectivity index (χ0) is 13.0. The maximum atomic E-state index is 12.7. The Hall–Kier alpha value is -1.87. The SMILES string of the molecule is O=C(COc1ccc(F)cc1)c1ccccc1Cl. The molecule has 4 heteroatoms. The van der Waals surface area contributed by atoms with E-state index in [4.69, 9.17) is 16.3 Å². The molecule has 18 heavy (non-hydrogen) atoms. The predicted octanol–water partition coefficient (Wildman–Crippen LogP) is 3.74. The summed E-state index contributed by atoms with van der Waals surface area (Å²) in [4.78, 5) is 11.8. The Kier molecular flexibility index (Phi) is 3.95. The van der Waals surface area contributed by atoms with E-state index >= 15 is 0 Å². The predicted molar refractivity (Wildman–Crippen MR) is 67.7 cm³/mol. The molecule has 2 rings (SSSR count). The summed E-state index contributed by atoms with van der Waals surface area (Å²) in [5.41, 5.74) is 0.418. The van der Waals surface area contributed by atoms with Crippen molar-refractivity contribution >= 4 is 17.4 Å².